The zero-order chi connectivity index (χ0) is 22.1. The van der Waals surface area contributed by atoms with Crippen molar-refractivity contribution in [2.45, 2.75) is 19.8 Å². The molecule has 0 unspecified atom stereocenters. The van der Waals surface area contributed by atoms with Crippen LogP contribution >= 0.6 is 0 Å². The van der Waals surface area contributed by atoms with E-state index in [9.17, 15) is 4.79 Å². The number of hydrogen-bond acceptors (Lipinski definition) is 3. The van der Waals surface area contributed by atoms with Crippen LogP contribution in [0.1, 0.15) is 25.3 Å². The number of aryl methyl sites for hydroxylation is 1. The lowest BCUT2D eigenvalue weighted by atomic mass is 9.96. The number of rotatable bonds is 4. The quantitative estimate of drug-likeness (QED) is 0.712. The van der Waals surface area contributed by atoms with Crippen molar-refractivity contribution >= 4 is 22.4 Å². The van der Waals surface area contributed by atoms with E-state index >= 15 is 0 Å². The van der Waals surface area contributed by atoms with Gasteiger partial charge in [-0.1, -0.05) is 37.3 Å². The highest BCUT2D eigenvalue weighted by molar-refractivity contribution is 6.00. The molecule has 5 nitrogen and oxygen atoms in total. The van der Waals surface area contributed by atoms with Gasteiger partial charge in [0, 0.05) is 43.5 Å². The Hall–Kier alpha value is -3.44. The van der Waals surface area contributed by atoms with Gasteiger partial charge in [0.15, 0.2) is 0 Å². The molecule has 0 bridgehead atoms. The van der Waals surface area contributed by atoms with Crippen molar-refractivity contribution in [2.24, 2.45) is 7.05 Å². The van der Waals surface area contributed by atoms with E-state index in [0.29, 0.717) is 0 Å². The summed E-state index contributed by atoms with van der Waals surface area (Å²) in [5.41, 5.74) is 6.32. The van der Waals surface area contributed by atoms with E-state index in [2.05, 4.69) is 41.2 Å². The molecule has 0 fully saturated rings. The lowest BCUT2D eigenvalue weighted by Gasteiger charge is -2.29. The highest BCUT2D eigenvalue weighted by Crippen LogP contribution is 2.29. The van der Waals surface area contributed by atoms with Gasteiger partial charge < -0.3 is 0 Å². The summed E-state index contributed by atoms with van der Waals surface area (Å²) in [5, 5.41) is 5.39. The van der Waals surface area contributed by atoms with E-state index < -0.39 is 0 Å². The lowest BCUT2D eigenvalue weighted by Crippen LogP contribution is -2.30. The summed E-state index contributed by atoms with van der Waals surface area (Å²) in [6.07, 6.45) is 20.3. The first-order valence-electron chi connectivity index (χ1n) is 11.3. The van der Waals surface area contributed by atoms with Gasteiger partial charge in [-0.3, -0.25) is 19.3 Å². The first-order valence-corrected chi connectivity index (χ1v) is 11.3. The predicted octanol–water partition coefficient (Wildman–Crippen LogP) is 4.73. The number of aromatic nitrogens is 2. The van der Waals surface area contributed by atoms with Crippen LogP contribution in [0.4, 0.5) is 0 Å². The van der Waals surface area contributed by atoms with Gasteiger partial charge in [-0.2, -0.15) is 5.10 Å². The molecule has 0 saturated carbocycles. The van der Waals surface area contributed by atoms with E-state index in [1.165, 1.54) is 12.0 Å². The topological polar surface area (TPSA) is 41.4 Å². The van der Waals surface area contributed by atoms with Crippen molar-refractivity contribution in [3.63, 3.8) is 0 Å². The summed E-state index contributed by atoms with van der Waals surface area (Å²) in [4.78, 5) is 17.5. The summed E-state index contributed by atoms with van der Waals surface area (Å²) >= 11 is 0. The molecule has 0 atom stereocenters. The predicted molar refractivity (Wildman–Crippen MR) is 129 cm³/mol. The van der Waals surface area contributed by atoms with Crippen LogP contribution in [-0.4, -0.2) is 45.1 Å². The van der Waals surface area contributed by atoms with Crippen LogP contribution < -0.4 is 0 Å². The number of benzene rings is 1. The van der Waals surface area contributed by atoms with Gasteiger partial charge in [-0.25, -0.2) is 0 Å². The summed E-state index contributed by atoms with van der Waals surface area (Å²) in [6, 6.07) is 6.19. The number of nitrogens with zero attached hydrogens (tertiary/aromatic N) is 4. The second-order valence-corrected chi connectivity index (χ2v) is 8.50. The molecular weight excluding hydrogens is 396 g/mol. The Morgan fingerprint density at radius 2 is 2.03 bits per heavy atom. The molecule has 32 heavy (non-hydrogen) atoms. The number of carbonyl (C=O) groups is 1. The van der Waals surface area contributed by atoms with Gasteiger partial charge >= 0.3 is 0 Å². The zero-order valence-corrected chi connectivity index (χ0v) is 18.7. The fourth-order valence-corrected chi connectivity index (χ4v) is 4.55. The van der Waals surface area contributed by atoms with E-state index in [1.807, 2.05) is 54.5 Å². The zero-order valence-electron chi connectivity index (χ0n) is 18.7. The summed E-state index contributed by atoms with van der Waals surface area (Å²) < 4.78 is 1.86. The highest BCUT2D eigenvalue weighted by Gasteiger charge is 2.21. The minimum Gasteiger partial charge on any atom is -0.299 e. The number of amides is 1. The average molecular weight is 425 g/mol. The highest BCUT2D eigenvalue weighted by atomic mass is 16.2. The number of allylic oxidation sites excluding steroid dienone is 7. The monoisotopic (exact) mass is 424 g/mol. The smallest absolute Gasteiger partial charge is 0.255 e. The van der Waals surface area contributed by atoms with Crippen molar-refractivity contribution in [3.05, 3.63) is 95.5 Å². The lowest BCUT2D eigenvalue weighted by molar-refractivity contribution is -0.122. The normalized spacial score (nSPS) is 23.4. The average Bonchev–Trinajstić information content (AvgIpc) is 3.18. The second kappa shape index (κ2) is 8.60. The van der Waals surface area contributed by atoms with Gasteiger partial charge in [0.2, 0.25) is 0 Å². The third-order valence-corrected chi connectivity index (χ3v) is 6.32. The molecular formula is C27H28N4O. The third-order valence-electron chi connectivity index (χ3n) is 6.32. The number of hydrogen-bond donors (Lipinski definition) is 0. The van der Waals surface area contributed by atoms with Crippen LogP contribution in [-0.2, 0) is 11.8 Å². The van der Waals surface area contributed by atoms with Gasteiger partial charge in [0.05, 0.1) is 11.7 Å². The SMILES string of the molecule is CCCN1CC=C(C2=CN3C(=O)\C=C(c4ccc5c(cnn5C)c4)/C=C/C=C/3C=C2)CC1. The van der Waals surface area contributed by atoms with E-state index in [4.69, 9.17) is 0 Å². The Labute approximate surface area is 189 Å². The van der Waals surface area contributed by atoms with Crippen LogP contribution in [0.3, 0.4) is 0 Å². The summed E-state index contributed by atoms with van der Waals surface area (Å²) in [6.45, 7) is 5.42. The number of fused-ring (bicyclic) bond motifs is 2. The van der Waals surface area contributed by atoms with Crippen molar-refractivity contribution < 1.29 is 4.79 Å². The molecule has 0 aliphatic carbocycles. The molecule has 1 aromatic heterocycles. The molecule has 0 saturated heterocycles. The molecule has 5 heteroatoms. The molecule has 4 heterocycles. The molecule has 1 aromatic carbocycles. The standard InChI is InChI=1S/C27H28N4O/c1-3-13-30-14-11-20(12-15-30)23-7-9-25-6-4-5-21(17-27(32)31(25)19-23)22-8-10-26-24(16-22)18-28-29(26)2/h4-11,16-19H,3,12-15H2,1-2H3/b5-4+,21-17+,25-6+. The maximum atomic E-state index is 13.3. The molecule has 0 N–H and O–H groups in total. The van der Waals surface area contributed by atoms with Crippen LogP contribution in [0.15, 0.2) is 90.0 Å². The van der Waals surface area contributed by atoms with E-state index in [1.54, 1.807) is 11.0 Å². The van der Waals surface area contributed by atoms with Crippen molar-refractivity contribution in [1.29, 1.82) is 0 Å². The Bertz CT molecular complexity index is 1250. The van der Waals surface area contributed by atoms with Crippen LogP contribution in [0.5, 0.6) is 0 Å². The fourth-order valence-electron chi connectivity index (χ4n) is 4.55. The van der Waals surface area contributed by atoms with E-state index in [-0.39, 0.29) is 5.91 Å². The molecule has 1 amide bonds. The largest absolute Gasteiger partial charge is 0.299 e. The molecule has 162 valence electrons. The Morgan fingerprint density at radius 1 is 1.12 bits per heavy atom. The van der Waals surface area contributed by atoms with Gasteiger partial charge in [0.25, 0.3) is 5.91 Å². The molecule has 5 rings (SSSR count). The van der Waals surface area contributed by atoms with Crippen LogP contribution in [0.2, 0.25) is 0 Å². The molecule has 3 aliphatic rings. The fraction of sp³-hybridized carbons (Fsp3) is 0.259. The van der Waals surface area contributed by atoms with E-state index in [0.717, 1.165) is 59.4 Å². The van der Waals surface area contributed by atoms with Crippen molar-refractivity contribution in [1.82, 2.24) is 19.6 Å². The first-order chi connectivity index (χ1) is 15.6. The maximum absolute atomic E-state index is 13.3. The summed E-state index contributed by atoms with van der Waals surface area (Å²) in [7, 11) is 1.93. The van der Waals surface area contributed by atoms with Crippen molar-refractivity contribution in [2.75, 3.05) is 19.6 Å². The minimum atomic E-state index is -0.0345. The Balaban J connectivity index is 1.43. The third kappa shape index (κ3) is 3.92. The molecule has 0 radical (unpaired) electrons. The first kappa shape index (κ1) is 20.5. The molecule has 0 spiro atoms. The Morgan fingerprint density at radius 3 is 2.84 bits per heavy atom. The molecule has 2 aromatic rings. The van der Waals surface area contributed by atoms with Gasteiger partial charge in [-0.15, -0.1) is 0 Å². The maximum Gasteiger partial charge on any atom is 0.255 e. The second-order valence-electron chi connectivity index (χ2n) is 8.50. The van der Waals surface area contributed by atoms with Crippen LogP contribution in [0, 0.1) is 0 Å². The molecule has 3 aliphatic heterocycles. The Kier molecular flexibility index (Phi) is 5.50. The van der Waals surface area contributed by atoms with Crippen molar-refractivity contribution in [3.8, 4) is 0 Å². The summed E-state index contributed by atoms with van der Waals surface area (Å²) in [5.74, 6) is -0.0345. The minimum absolute atomic E-state index is 0.0345. The van der Waals surface area contributed by atoms with Gasteiger partial charge in [0.1, 0.15) is 0 Å². The van der Waals surface area contributed by atoms with Gasteiger partial charge in [-0.05, 0) is 66.0 Å². The van der Waals surface area contributed by atoms with Crippen LogP contribution in [0.25, 0.3) is 16.5 Å². The number of carbonyl (C=O) groups excluding carboxylic acids is 1.